The van der Waals surface area contributed by atoms with E-state index in [1.807, 2.05) is 18.2 Å². The summed E-state index contributed by atoms with van der Waals surface area (Å²) in [4.78, 5) is 19.2. The second-order valence-electron chi connectivity index (χ2n) is 7.39. The number of pyridine rings is 1. The van der Waals surface area contributed by atoms with Crippen molar-refractivity contribution in [1.82, 2.24) is 10.3 Å². The van der Waals surface area contributed by atoms with E-state index < -0.39 is 9.84 Å². The van der Waals surface area contributed by atoms with Crippen molar-refractivity contribution in [2.75, 3.05) is 24.2 Å². The van der Waals surface area contributed by atoms with E-state index in [4.69, 9.17) is 9.15 Å². The maximum Gasteiger partial charge on any atom is 0.287 e. The number of hydrogen-bond acceptors (Lipinski definition) is 7. The molecule has 9 heteroatoms. The highest BCUT2D eigenvalue weighted by molar-refractivity contribution is 7.90. The maximum atomic E-state index is 12.5. The monoisotopic (exact) mass is 441 g/mol. The molecule has 1 amide bonds. The van der Waals surface area contributed by atoms with Crippen molar-refractivity contribution in [1.29, 1.82) is 0 Å². The van der Waals surface area contributed by atoms with Crippen molar-refractivity contribution in [3.63, 3.8) is 0 Å². The van der Waals surface area contributed by atoms with E-state index in [9.17, 15) is 13.2 Å². The number of benzene rings is 1. The van der Waals surface area contributed by atoms with Gasteiger partial charge in [0.2, 0.25) is 0 Å². The summed E-state index contributed by atoms with van der Waals surface area (Å²) in [6.07, 6.45) is 3.75. The molecule has 0 spiro atoms. The van der Waals surface area contributed by atoms with E-state index >= 15 is 0 Å². The van der Waals surface area contributed by atoms with Crippen molar-refractivity contribution in [2.24, 2.45) is 0 Å². The van der Waals surface area contributed by atoms with Gasteiger partial charge < -0.3 is 19.4 Å². The molecule has 2 aromatic heterocycles. The van der Waals surface area contributed by atoms with Gasteiger partial charge in [-0.05, 0) is 55.0 Å². The minimum Gasteiger partial charge on any atom is -0.486 e. The molecule has 31 heavy (non-hydrogen) atoms. The van der Waals surface area contributed by atoms with Crippen LogP contribution in [0, 0.1) is 0 Å². The van der Waals surface area contributed by atoms with Crippen molar-refractivity contribution >= 4 is 21.6 Å². The van der Waals surface area contributed by atoms with Crippen molar-refractivity contribution in [3.05, 3.63) is 72.3 Å². The predicted molar refractivity (Wildman–Crippen MR) is 115 cm³/mol. The zero-order valence-electron chi connectivity index (χ0n) is 17.0. The molecule has 3 heterocycles. The molecule has 1 saturated heterocycles. The number of carbonyl (C=O) groups excluding carboxylic acids is 1. The fourth-order valence-corrected chi connectivity index (χ4v) is 4.03. The molecule has 8 nitrogen and oxygen atoms in total. The van der Waals surface area contributed by atoms with Gasteiger partial charge >= 0.3 is 0 Å². The molecule has 0 bridgehead atoms. The van der Waals surface area contributed by atoms with Crippen LogP contribution in [0.4, 0.5) is 5.82 Å². The number of anilines is 1. The van der Waals surface area contributed by atoms with Crippen LogP contribution in [0.1, 0.15) is 22.7 Å². The van der Waals surface area contributed by atoms with Gasteiger partial charge in [0.1, 0.15) is 23.9 Å². The number of ether oxygens (including phenoxy) is 1. The summed E-state index contributed by atoms with van der Waals surface area (Å²) in [5, 5.41) is 3.00. The lowest BCUT2D eigenvalue weighted by molar-refractivity contribution is 0.0908. The molecule has 0 aliphatic carbocycles. The molecule has 1 fully saturated rings. The Labute approximate surface area is 180 Å². The van der Waals surface area contributed by atoms with Crippen LogP contribution >= 0.6 is 0 Å². The number of aromatic nitrogens is 1. The van der Waals surface area contributed by atoms with Gasteiger partial charge in [0.15, 0.2) is 15.6 Å². The molecule has 0 unspecified atom stereocenters. The Kier molecular flexibility index (Phi) is 5.94. The highest BCUT2D eigenvalue weighted by atomic mass is 32.2. The summed E-state index contributed by atoms with van der Waals surface area (Å²) in [5.41, 5.74) is 0. The fraction of sp³-hybridized carbons (Fsp3) is 0.273. The molecule has 1 aliphatic rings. The number of amides is 1. The van der Waals surface area contributed by atoms with Crippen LogP contribution in [0.25, 0.3) is 0 Å². The highest BCUT2D eigenvalue weighted by Crippen LogP contribution is 2.20. The van der Waals surface area contributed by atoms with Crippen molar-refractivity contribution < 1.29 is 22.4 Å². The van der Waals surface area contributed by atoms with Crippen LogP contribution in [0.2, 0.25) is 0 Å². The molecule has 1 aliphatic heterocycles. The van der Waals surface area contributed by atoms with Crippen LogP contribution in [-0.4, -0.2) is 44.7 Å². The van der Waals surface area contributed by atoms with Gasteiger partial charge in [-0.3, -0.25) is 4.79 Å². The average molecular weight is 442 g/mol. The van der Waals surface area contributed by atoms with E-state index in [2.05, 4.69) is 15.2 Å². The van der Waals surface area contributed by atoms with Crippen LogP contribution in [0.15, 0.2) is 70.1 Å². The Morgan fingerprint density at radius 1 is 1.19 bits per heavy atom. The Morgan fingerprint density at radius 3 is 2.71 bits per heavy atom. The Morgan fingerprint density at radius 2 is 2.00 bits per heavy atom. The smallest absolute Gasteiger partial charge is 0.287 e. The molecule has 1 atom stereocenters. The number of carbonyl (C=O) groups is 1. The molecule has 3 aromatic rings. The Hall–Kier alpha value is -3.33. The first-order chi connectivity index (χ1) is 14.9. The number of nitrogens with zero attached hydrogens (tertiary/aromatic N) is 2. The molecular formula is C22H23N3O5S. The largest absolute Gasteiger partial charge is 0.486 e. The third kappa shape index (κ3) is 5.24. The first-order valence-electron chi connectivity index (χ1n) is 9.87. The van der Waals surface area contributed by atoms with E-state index in [1.54, 1.807) is 30.5 Å². The summed E-state index contributed by atoms with van der Waals surface area (Å²) in [6, 6.07) is 15.2. The summed E-state index contributed by atoms with van der Waals surface area (Å²) in [7, 11) is -3.25. The maximum absolute atomic E-state index is 12.5. The SMILES string of the molecule is CS(=O)(=O)c1ccc(OCc2ccc(C(=O)N[C@@H]3CCN(c4ccccn4)C3)o2)cc1. The van der Waals surface area contributed by atoms with Gasteiger partial charge in [-0.1, -0.05) is 6.07 Å². The summed E-state index contributed by atoms with van der Waals surface area (Å²) >= 11 is 0. The van der Waals surface area contributed by atoms with Crippen molar-refractivity contribution in [3.8, 4) is 5.75 Å². The van der Waals surface area contributed by atoms with E-state index in [0.717, 1.165) is 25.0 Å². The highest BCUT2D eigenvalue weighted by Gasteiger charge is 2.26. The van der Waals surface area contributed by atoms with Crippen LogP contribution in [0.3, 0.4) is 0 Å². The zero-order chi connectivity index (χ0) is 21.8. The van der Waals surface area contributed by atoms with Gasteiger partial charge in [0.05, 0.1) is 4.90 Å². The Balaban J connectivity index is 1.29. The Bertz CT molecular complexity index is 1140. The summed E-state index contributed by atoms with van der Waals surface area (Å²) in [5.74, 6) is 1.87. The number of nitrogens with one attached hydrogen (secondary N) is 1. The second kappa shape index (κ2) is 8.81. The fourth-order valence-electron chi connectivity index (χ4n) is 3.40. The van der Waals surface area contributed by atoms with Crippen LogP contribution in [-0.2, 0) is 16.4 Å². The number of hydrogen-bond donors (Lipinski definition) is 1. The number of furan rings is 1. The molecule has 1 N–H and O–H groups in total. The van der Waals surface area contributed by atoms with E-state index in [-0.39, 0.29) is 29.2 Å². The summed E-state index contributed by atoms with van der Waals surface area (Å²) < 4.78 is 34.2. The first kappa shape index (κ1) is 20.9. The number of rotatable bonds is 7. The van der Waals surface area contributed by atoms with Gasteiger partial charge in [-0.15, -0.1) is 0 Å². The predicted octanol–water partition coefficient (Wildman–Crippen LogP) is 2.67. The lowest BCUT2D eigenvalue weighted by atomic mass is 10.2. The van der Waals surface area contributed by atoms with Gasteiger partial charge in [0.25, 0.3) is 5.91 Å². The van der Waals surface area contributed by atoms with Crippen molar-refractivity contribution in [2.45, 2.75) is 24.0 Å². The standard InChI is InChI=1S/C22H23N3O5S/c1-31(27,28)19-8-5-17(6-9-19)29-15-18-7-10-20(30-18)22(26)24-16-11-13-25(14-16)21-4-2-3-12-23-21/h2-10,12,16H,11,13-15H2,1H3,(H,24,26)/t16-/m1/s1. The quantitative estimate of drug-likeness (QED) is 0.601. The minimum absolute atomic E-state index is 0.0210. The molecule has 4 rings (SSSR count). The zero-order valence-corrected chi connectivity index (χ0v) is 17.8. The lowest BCUT2D eigenvalue weighted by Crippen LogP contribution is -2.37. The third-order valence-corrected chi connectivity index (χ3v) is 6.14. The molecule has 1 aromatic carbocycles. The molecular weight excluding hydrogens is 418 g/mol. The van der Waals surface area contributed by atoms with Gasteiger partial charge in [-0.25, -0.2) is 13.4 Å². The lowest BCUT2D eigenvalue weighted by Gasteiger charge is -2.17. The average Bonchev–Trinajstić information content (AvgIpc) is 3.42. The molecule has 0 saturated carbocycles. The molecule has 162 valence electrons. The third-order valence-electron chi connectivity index (χ3n) is 5.02. The van der Waals surface area contributed by atoms with E-state index in [0.29, 0.717) is 18.1 Å². The van der Waals surface area contributed by atoms with Gasteiger partial charge in [-0.2, -0.15) is 0 Å². The minimum atomic E-state index is -3.25. The summed E-state index contributed by atoms with van der Waals surface area (Å²) in [6.45, 7) is 1.66. The number of sulfone groups is 1. The van der Waals surface area contributed by atoms with Crippen LogP contribution < -0.4 is 15.0 Å². The first-order valence-corrected chi connectivity index (χ1v) is 11.8. The molecule has 0 radical (unpaired) electrons. The van der Waals surface area contributed by atoms with Crippen LogP contribution in [0.5, 0.6) is 5.75 Å². The topological polar surface area (TPSA) is 102 Å². The second-order valence-corrected chi connectivity index (χ2v) is 9.41. The normalized spacial score (nSPS) is 16.3. The van der Waals surface area contributed by atoms with Gasteiger partial charge in [0, 0.05) is 31.6 Å². The van der Waals surface area contributed by atoms with E-state index in [1.165, 1.54) is 12.1 Å².